The van der Waals surface area contributed by atoms with Crippen LogP contribution in [0, 0.1) is 0 Å². The van der Waals surface area contributed by atoms with E-state index in [4.69, 9.17) is 0 Å². The summed E-state index contributed by atoms with van der Waals surface area (Å²) in [5, 5.41) is 10.3. The third kappa shape index (κ3) is 2.71. The van der Waals surface area contributed by atoms with Crippen LogP contribution in [0.5, 0.6) is 0 Å². The van der Waals surface area contributed by atoms with Crippen molar-refractivity contribution in [3.63, 3.8) is 0 Å². The number of nitrogens with zero attached hydrogens (tertiary/aromatic N) is 5. The summed E-state index contributed by atoms with van der Waals surface area (Å²) >= 11 is 0.830. The van der Waals surface area contributed by atoms with Gasteiger partial charge in [0.15, 0.2) is 0 Å². The molecule has 2 aromatic heterocycles. The number of alkyl halides is 3. The molecule has 1 saturated heterocycles. The fourth-order valence-corrected chi connectivity index (χ4v) is 3.10. The predicted octanol–water partition coefficient (Wildman–Crippen LogP) is 2.22. The number of amides is 1. The van der Waals surface area contributed by atoms with Gasteiger partial charge in [-0.05, 0) is 12.8 Å². The quantitative estimate of drug-likeness (QED) is 0.808. The number of halogens is 3. The van der Waals surface area contributed by atoms with Gasteiger partial charge in [-0.3, -0.25) is 4.79 Å². The van der Waals surface area contributed by atoms with Gasteiger partial charge in [0, 0.05) is 13.1 Å². The molecule has 114 valence electrons. The first kappa shape index (κ1) is 14.2. The average molecular weight is 319 g/mol. The van der Waals surface area contributed by atoms with Crippen molar-refractivity contribution in [2.24, 2.45) is 0 Å². The molecule has 3 heterocycles. The van der Waals surface area contributed by atoms with Crippen molar-refractivity contribution in [3.8, 4) is 0 Å². The second-order valence-corrected chi connectivity index (χ2v) is 5.79. The van der Waals surface area contributed by atoms with E-state index in [-0.39, 0.29) is 15.9 Å². The van der Waals surface area contributed by atoms with Crippen molar-refractivity contribution in [2.45, 2.75) is 31.9 Å². The summed E-state index contributed by atoms with van der Waals surface area (Å²) in [5.41, 5.74) is 0. The van der Waals surface area contributed by atoms with E-state index in [1.165, 1.54) is 0 Å². The van der Waals surface area contributed by atoms with Gasteiger partial charge in [-0.25, -0.2) is 0 Å². The summed E-state index contributed by atoms with van der Waals surface area (Å²) in [6, 6.07) is 0. The van der Waals surface area contributed by atoms with Gasteiger partial charge in [0.25, 0.3) is 11.7 Å². The lowest BCUT2D eigenvalue weighted by Crippen LogP contribution is -2.31. The maximum absolute atomic E-state index is 12.7. The number of aromatic nitrogens is 4. The number of fused-ring (bicyclic) bond motifs is 1. The van der Waals surface area contributed by atoms with E-state index >= 15 is 0 Å². The number of carbonyl (C=O) groups is 1. The lowest BCUT2D eigenvalue weighted by Gasteiger charge is -2.18. The van der Waals surface area contributed by atoms with Crippen LogP contribution >= 0.6 is 11.3 Å². The molecule has 10 heteroatoms. The highest BCUT2D eigenvalue weighted by atomic mass is 32.1. The summed E-state index contributed by atoms with van der Waals surface area (Å²) in [4.78, 5) is 13.9. The molecule has 0 bridgehead atoms. The second-order valence-electron chi connectivity index (χ2n) is 4.83. The zero-order chi connectivity index (χ0) is 15.0. The molecule has 0 atom stereocenters. The Bertz CT molecular complexity index is 656. The Morgan fingerprint density at radius 3 is 2.38 bits per heavy atom. The minimum Gasteiger partial charge on any atom is -0.337 e. The van der Waals surface area contributed by atoms with Gasteiger partial charge in [-0.1, -0.05) is 24.2 Å². The largest absolute Gasteiger partial charge is 0.453 e. The number of hydrogen-bond donors (Lipinski definition) is 0. The molecule has 6 nitrogen and oxygen atoms in total. The Morgan fingerprint density at radius 1 is 1.10 bits per heavy atom. The van der Waals surface area contributed by atoms with Crippen molar-refractivity contribution < 1.29 is 18.0 Å². The minimum absolute atomic E-state index is 0.0206. The van der Waals surface area contributed by atoms with E-state index in [2.05, 4.69) is 15.3 Å². The summed E-state index contributed by atoms with van der Waals surface area (Å²) in [6.07, 6.45) is -0.705. The first-order valence-electron chi connectivity index (χ1n) is 6.55. The van der Waals surface area contributed by atoms with Gasteiger partial charge < -0.3 is 4.90 Å². The summed E-state index contributed by atoms with van der Waals surface area (Å²) < 4.78 is 38.7. The summed E-state index contributed by atoms with van der Waals surface area (Å²) in [7, 11) is 0. The Morgan fingerprint density at radius 2 is 1.76 bits per heavy atom. The average Bonchev–Trinajstić information content (AvgIpc) is 2.87. The monoisotopic (exact) mass is 319 g/mol. The van der Waals surface area contributed by atoms with Gasteiger partial charge in [0.05, 0.1) is 0 Å². The number of rotatable bonds is 1. The first-order valence-corrected chi connectivity index (χ1v) is 7.37. The third-order valence-electron chi connectivity index (χ3n) is 3.32. The maximum atomic E-state index is 12.7. The molecule has 0 spiro atoms. The van der Waals surface area contributed by atoms with Gasteiger partial charge >= 0.3 is 6.18 Å². The van der Waals surface area contributed by atoms with Gasteiger partial charge in [0.1, 0.15) is 0 Å². The van der Waals surface area contributed by atoms with Crippen LogP contribution < -0.4 is 0 Å². The Hall–Kier alpha value is -1.71. The lowest BCUT2D eigenvalue weighted by atomic mass is 10.2. The van der Waals surface area contributed by atoms with Crippen molar-refractivity contribution >= 4 is 22.2 Å². The molecule has 0 N–H and O–H groups in total. The number of hydrogen-bond acceptors (Lipinski definition) is 5. The first-order chi connectivity index (χ1) is 9.97. The molecule has 1 aliphatic heterocycles. The van der Waals surface area contributed by atoms with E-state index in [1.807, 2.05) is 0 Å². The molecule has 3 rings (SSSR count). The molecular weight excluding hydrogens is 307 g/mol. The standard InChI is InChI=1S/C11H12F3N5OS/c12-11(13,14)9-15-16-10-19(9)17-7(21-10)8(20)18-5-3-1-2-4-6-18/h1-6H2. The molecule has 0 unspecified atom stereocenters. The molecule has 0 radical (unpaired) electrons. The van der Waals surface area contributed by atoms with Gasteiger partial charge in [-0.2, -0.15) is 17.7 Å². The zero-order valence-electron chi connectivity index (χ0n) is 10.9. The van der Waals surface area contributed by atoms with Crippen LogP contribution in [-0.4, -0.2) is 43.7 Å². The fourth-order valence-electron chi connectivity index (χ4n) is 2.29. The van der Waals surface area contributed by atoms with Crippen LogP contribution in [0.1, 0.15) is 41.3 Å². The zero-order valence-corrected chi connectivity index (χ0v) is 11.7. The van der Waals surface area contributed by atoms with Crippen molar-refractivity contribution in [3.05, 3.63) is 10.8 Å². The summed E-state index contributed by atoms with van der Waals surface area (Å²) in [6.45, 7) is 1.23. The van der Waals surface area contributed by atoms with Gasteiger partial charge in [0.2, 0.25) is 9.97 Å². The maximum Gasteiger partial charge on any atom is 0.453 e. The van der Waals surface area contributed by atoms with Crippen LogP contribution in [0.25, 0.3) is 4.96 Å². The molecule has 1 aliphatic rings. The topological polar surface area (TPSA) is 63.4 Å². The molecule has 1 amide bonds. The molecule has 0 saturated carbocycles. The minimum atomic E-state index is -4.64. The van der Waals surface area contributed by atoms with Crippen LogP contribution in [0.3, 0.4) is 0 Å². The Balaban J connectivity index is 1.90. The highest BCUT2D eigenvalue weighted by Crippen LogP contribution is 2.29. The van der Waals surface area contributed by atoms with Crippen molar-refractivity contribution in [2.75, 3.05) is 13.1 Å². The SMILES string of the molecule is O=C(c1nn2c(C(F)(F)F)nnc2s1)N1CCCCCC1. The van der Waals surface area contributed by atoms with Crippen LogP contribution in [-0.2, 0) is 6.18 Å². The lowest BCUT2D eigenvalue weighted by molar-refractivity contribution is -0.146. The van der Waals surface area contributed by atoms with Crippen LogP contribution in [0.2, 0.25) is 0 Å². The van der Waals surface area contributed by atoms with Gasteiger partial charge in [-0.15, -0.1) is 15.3 Å². The normalized spacial score (nSPS) is 17.2. The molecule has 0 aliphatic carbocycles. The van der Waals surface area contributed by atoms with E-state index in [9.17, 15) is 18.0 Å². The highest BCUT2D eigenvalue weighted by molar-refractivity contribution is 7.18. The highest BCUT2D eigenvalue weighted by Gasteiger charge is 2.38. The predicted molar refractivity (Wildman–Crippen MR) is 68.0 cm³/mol. The van der Waals surface area contributed by atoms with E-state index in [0.29, 0.717) is 17.6 Å². The fraction of sp³-hybridized carbons (Fsp3) is 0.636. The van der Waals surface area contributed by atoms with Crippen molar-refractivity contribution in [1.29, 1.82) is 0 Å². The Labute approximate surface area is 121 Å². The molecule has 21 heavy (non-hydrogen) atoms. The second kappa shape index (κ2) is 5.24. The molecular formula is C11H12F3N5OS. The van der Waals surface area contributed by atoms with Crippen LogP contribution in [0.4, 0.5) is 13.2 Å². The third-order valence-corrected chi connectivity index (χ3v) is 4.21. The summed E-state index contributed by atoms with van der Waals surface area (Å²) in [5.74, 6) is -1.54. The van der Waals surface area contributed by atoms with Crippen LogP contribution in [0.15, 0.2) is 0 Å². The molecule has 2 aromatic rings. The van der Waals surface area contributed by atoms with E-state index in [1.54, 1.807) is 4.90 Å². The van der Waals surface area contributed by atoms with E-state index in [0.717, 1.165) is 37.0 Å². The van der Waals surface area contributed by atoms with Crippen molar-refractivity contribution in [1.82, 2.24) is 24.7 Å². The smallest absolute Gasteiger partial charge is 0.337 e. The number of carbonyl (C=O) groups excluding carboxylic acids is 1. The molecule has 0 aromatic carbocycles. The molecule has 1 fully saturated rings. The van der Waals surface area contributed by atoms with E-state index < -0.39 is 12.0 Å². The number of likely N-dealkylation sites (tertiary alicyclic amines) is 1. The Kier molecular flexibility index (Phi) is 3.56.